The average Bonchev–Trinajstić information content (AvgIpc) is 2.85. The molecule has 1 N–H and O–H groups in total. The number of alkyl halides is 3. The van der Waals surface area contributed by atoms with Gasteiger partial charge >= 0.3 is 6.36 Å². The second-order valence-corrected chi connectivity index (χ2v) is 7.70. The summed E-state index contributed by atoms with van der Waals surface area (Å²) < 4.78 is 70.4. The van der Waals surface area contributed by atoms with Crippen molar-refractivity contribution in [2.45, 2.75) is 12.8 Å². The van der Waals surface area contributed by atoms with E-state index in [1.165, 1.54) is 24.5 Å². The summed E-state index contributed by atoms with van der Waals surface area (Å²) in [5.41, 5.74) is 0.0360. The number of rotatable bonds is 7. The lowest BCUT2D eigenvalue weighted by Gasteiger charge is -2.14. The van der Waals surface area contributed by atoms with Gasteiger partial charge in [0.15, 0.2) is 11.6 Å². The average molecular weight is 513 g/mol. The number of nitrogens with zero attached hydrogens (tertiary/aromatic N) is 2. The van der Waals surface area contributed by atoms with E-state index in [4.69, 9.17) is 0 Å². The first-order valence-corrected chi connectivity index (χ1v) is 10.6. The van der Waals surface area contributed by atoms with E-state index in [0.29, 0.717) is 11.3 Å². The quantitative estimate of drug-likeness (QED) is 0.242. The first kappa shape index (κ1) is 25.4. The number of pyridine rings is 2. The van der Waals surface area contributed by atoms with Crippen molar-refractivity contribution in [1.29, 1.82) is 0 Å². The molecule has 0 atom stereocenters. The van der Waals surface area contributed by atoms with E-state index >= 15 is 0 Å². The number of hydrogen-bond acceptors (Lipinski definition) is 5. The van der Waals surface area contributed by atoms with Crippen molar-refractivity contribution in [3.05, 3.63) is 108 Å². The molecule has 11 heteroatoms. The Hall–Kier alpha value is -4.67. The lowest BCUT2D eigenvalue weighted by molar-refractivity contribution is -0.274. The third-order valence-electron chi connectivity index (χ3n) is 5.13. The zero-order chi connectivity index (χ0) is 26.6. The Balaban J connectivity index is 1.58. The Morgan fingerprint density at radius 3 is 2.38 bits per heavy atom. The molecule has 0 unspecified atom stereocenters. The number of nitrogens with one attached hydrogen (secondary N) is 1. The van der Waals surface area contributed by atoms with Crippen molar-refractivity contribution >= 4 is 17.4 Å². The van der Waals surface area contributed by atoms with E-state index in [9.17, 15) is 31.5 Å². The predicted octanol–water partition coefficient (Wildman–Crippen LogP) is 6.00. The van der Waals surface area contributed by atoms with Crippen molar-refractivity contribution in [2.24, 2.45) is 0 Å². The molecule has 0 bridgehead atoms. The normalized spacial score (nSPS) is 11.2. The summed E-state index contributed by atoms with van der Waals surface area (Å²) in [6.07, 6.45) is -1.95. The Morgan fingerprint density at radius 1 is 0.919 bits per heavy atom. The third kappa shape index (κ3) is 6.31. The first-order valence-electron chi connectivity index (χ1n) is 10.6. The Bertz CT molecular complexity index is 1460. The van der Waals surface area contributed by atoms with Crippen LogP contribution < -0.4 is 10.1 Å². The van der Waals surface area contributed by atoms with Gasteiger partial charge in [0.25, 0.3) is 5.91 Å². The molecular formula is C26H16F5N3O3. The molecule has 0 aliphatic heterocycles. The molecular weight excluding hydrogens is 497 g/mol. The van der Waals surface area contributed by atoms with Crippen molar-refractivity contribution in [3.63, 3.8) is 0 Å². The molecule has 4 aromatic rings. The minimum atomic E-state index is -5.12. The first-order chi connectivity index (χ1) is 17.6. The zero-order valence-electron chi connectivity index (χ0n) is 18.7. The van der Waals surface area contributed by atoms with Crippen LogP contribution in [0.5, 0.6) is 5.75 Å². The number of Topliss-reactive ketones (excluding diaryl/α,β-unsaturated/α-hetero) is 1. The largest absolute Gasteiger partial charge is 0.573 e. The number of aromatic nitrogens is 2. The number of ether oxygens (including phenoxy) is 1. The maximum Gasteiger partial charge on any atom is 0.573 e. The van der Waals surface area contributed by atoms with Gasteiger partial charge in [0.1, 0.15) is 11.6 Å². The highest BCUT2D eigenvalue weighted by molar-refractivity contribution is 6.08. The van der Waals surface area contributed by atoms with Crippen LogP contribution in [-0.4, -0.2) is 28.0 Å². The van der Waals surface area contributed by atoms with Gasteiger partial charge in [0.05, 0.1) is 23.1 Å². The van der Waals surface area contributed by atoms with Gasteiger partial charge in [-0.15, -0.1) is 13.2 Å². The Morgan fingerprint density at radius 2 is 1.70 bits per heavy atom. The molecule has 0 saturated carbocycles. The third-order valence-corrected chi connectivity index (χ3v) is 5.13. The second-order valence-electron chi connectivity index (χ2n) is 7.70. The van der Waals surface area contributed by atoms with E-state index < -0.39 is 41.0 Å². The van der Waals surface area contributed by atoms with Gasteiger partial charge in [0, 0.05) is 29.9 Å². The summed E-state index contributed by atoms with van der Waals surface area (Å²) in [6.45, 7) is 0. The summed E-state index contributed by atoms with van der Waals surface area (Å²) in [5.74, 6) is -3.91. The van der Waals surface area contributed by atoms with E-state index in [2.05, 4.69) is 20.0 Å². The fraction of sp³-hybridized carbons (Fsp3) is 0.0769. The molecule has 188 valence electrons. The van der Waals surface area contributed by atoms with Gasteiger partial charge in [0.2, 0.25) is 0 Å². The summed E-state index contributed by atoms with van der Waals surface area (Å²) in [6, 6.07) is 13.1. The van der Waals surface area contributed by atoms with Crippen LogP contribution in [0.4, 0.5) is 27.6 Å². The van der Waals surface area contributed by atoms with Gasteiger partial charge < -0.3 is 10.1 Å². The van der Waals surface area contributed by atoms with Gasteiger partial charge in [-0.05, 0) is 48.0 Å². The highest BCUT2D eigenvalue weighted by Gasteiger charge is 2.33. The number of hydrogen-bond donors (Lipinski definition) is 1. The molecule has 2 aromatic carbocycles. The summed E-state index contributed by atoms with van der Waals surface area (Å²) in [5, 5.41) is 2.14. The number of amides is 1. The van der Waals surface area contributed by atoms with Crippen LogP contribution in [0.25, 0.3) is 11.3 Å². The van der Waals surface area contributed by atoms with Gasteiger partial charge in [-0.25, -0.2) is 8.78 Å². The van der Waals surface area contributed by atoms with E-state index in [0.717, 1.165) is 30.5 Å². The molecule has 37 heavy (non-hydrogen) atoms. The summed E-state index contributed by atoms with van der Waals surface area (Å²) in [4.78, 5) is 33.3. The number of halogens is 5. The van der Waals surface area contributed by atoms with Crippen LogP contribution in [0.1, 0.15) is 26.3 Å². The van der Waals surface area contributed by atoms with Crippen LogP contribution in [0.2, 0.25) is 0 Å². The SMILES string of the molecule is O=C(Cc1ccc(-c2ccccc2F)nc1)c1ccc(OC(F)(F)F)c(C(=O)Nc2ccncc2F)c1. The highest BCUT2D eigenvalue weighted by Crippen LogP contribution is 2.29. The van der Waals surface area contributed by atoms with Crippen molar-refractivity contribution in [1.82, 2.24) is 9.97 Å². The number of ketones is 1. The maximum absolute atomic E-state index is 14.0. The zero-order valence-corrected chi connectivity index (χ0v) is 18.7. The Labute approximate surface area is 206 Å². The van der Waals surface area contributed by atoms with Gasteiger partial charge in [-0.2, -0.15) is 0 Å². The topological polar surface area (TPSA) is 81.2 Å². The molecule has 0 spiro atoms. The van der Waals surface area contributed by atoms with Gasteiger partial charge in [-0.1, -0.05) is 18.2 Å². The van der Waals surface area contributed by atoms with Crippen LogP contribution in [0.15, 0.2) is 79.3 Å². The molecule has 0 radical (unpaired) electrons. The number of carbonyl (C=O) groups is 2. The van der Waals surface area contributed by atoms with Crippen molar-refractivity contribution in [3.8, 4) is 17.0 Å². The van der Waals surface area contributed by atoms with Crippen molar-refractivity contribution < 1.29 is 36.3 Å². The minimum Gasteiger partial charge on any atom is -0.405 e. The lowest BCUT2D eigenvalue weighted by Crippen LogP contribution is -2.21. The van der Waals surface area contributed by atoms with Crippen LogP contribution >= 0.6 is 0 Å². The Kier molecular flexibility index (Phi) is 7.23. The predicted molar refractivity (Wildman–Crippen MR) is 123 cm³/mol. The molecule has 0 aliphatic rings. The van der Waals surface area contributed by atoms with Crippen molar-refractivity contribution in [2.75, 3.05) is 5.32 Å². The molecule has 0 aliphatic carbocycles. The van der Waals surface area contributed by atoms with Crippen LogP contribution in [0, 0.1) is 11.6 Å². The molecule has 6 nitrogen and oxygen atoms in total. The molecule has 2 heterocycles. The number of carbonyl (C=O) groups excluding carboxylic acids is 2. The summed E-state index contributed by atoms with van der Waals surface area (Å²) in [7, 11) is 0. The van der Waals surface area contributed by atoms with Crippen LogP contribution in [0.3, 0.4) is 0 Å². The fourth-order valence-electron chi connectivity index (χ4n) is 3.41. The minimum absolute atomic E-state index is 0.0898. The second kappa shape index (κ2) is 10.5. The molecule has 1 amide bonds. The lowest BCUT2D eigenvalue weighted by atomic mass is 10.0. The van der Waals surface area contributed by atoms with E-state index in [-0.39, 0.29) is 23.2 Å². The van der Waals surface area contributed by atoms with Crippen LogP contribution in [-0.2, 0) is 6.42 Å². The standard InChI is InChI=1S/C26H16F5N3O3/c27-19-4-2-1-3-17(19)21-7-5-15(13-33-21)11-23(35)16-6-8-24(37-26(29,30)31)18(12-16)25(36)34-22-9-10-32-14-20(22)28/h1-10,12-14H,11H2,(H,32,34,36). The molecule has 0 fully saturated rings. The smallest absolute Gasteiger partial charge is 0.405 e. The molecule has 4 rings (SSSR count). The number of anilines is 1. The molecule has 2 aromatic heterocycles. The van der Waals surface area contributed by atoms with Gasteiger partial charge in [-0.3, -0.25) is 19.6 Å². The van der Waals surface area contributed by atoms with E-state index in [1.54, 1.807) is 24.3 Å². The van der Waals surface area contributed by atoms with E-state index in [1.807, 2.05) is 0 Å². The monoisotopic (exact) mass is 513 g/mol. The highest BCUT2D eigenvalue weighted by atomic mass is 19.4. The maximum atomic E-state index is 14.0. The number of benzene rings is 2. The summed E-state index contributed by atoms with van der Waals surface area (Å²) >= 11 is 0. The molecule has 0 saturated heterocycles. The fourth-order valence-corrected chi connectivity index (χ4v) is 3.41.